The average Bonchev–Trinajstić information content (AvgIpc) is 2.80. The minimum Gasteiger partial charge on any atom is -0.465 e. The van der Waals surface area contributed by atoms with Crippen LogP contribution in [0.3, 0.4) is 0 Å². The second kappa shape index (κ2) is 5.93. The molecule has 0 saturated heterocycles. The van der Waals surface area contributed by atoms with Crippen molar-refractivity contribution >= 4 is 5.97 Å². The van der Waals surface area contributed by atoms with Crippen molar-refractivity contribution in [2.24, 2.45) is 0 Å². The van der Waals surface area contributed by atoms with E-state index in [4.69, 9.17) is 4.74 Å². The highest BCUT2D eigenvalue weighted by atomic mass is 16.5. The molecular formula is C17H21N3O2. The SMILES string of the molecule is COC(=O)c1c(C)nn(CN2CCc3ccccc3C2)c1C. The van der Waals surface area contributed by atoms with Gasteiger partial charge in [-0.05, 0) is 31.4 Å². The van der Waals surface area contributed by atoms with Crippen LogP contribution in [0.2, 0.25) is 0 Å². The molecule has 0 aliphatic carbocycles. The summed E-state index contributed by atoms with van der Waals surface area (Å²) in [6, 6.07) is 8.56. The maximum Gasteiger partial charge on any atom is 0.341 e. The number of hydrogen-bond donors (Lipinski definition) is 0. The Labute approximate surface area is 130 Å². The van der Waals surface area contributed by atoms with Crippen molar-refractivity contribution < 1.29 is 9.53 Å². The number of aromatic nitrogens is 2. The zero-order valence-corrected chi connectivity index (χ0v) is 13.3. The van der Waals surface area contributed by atoms with Gasteiger partial charge < -0.3 is 4.74 Å². The molecule has 0 fully saturated rings. The Kier molecular flexibility index (Phi) is 3.98. The maximum absolute atomic E-state index is 11.8. The molecule has 1 aliphatic rings. The van der Waals surface area contributed by atoms with E-state index in [1.165, 1.54) is 18.2 Å². The van der Waals surface area contributed by atoms with Crippen LogP contribution in [0.25, 0.3) is 0 Å². The van der Waals surface area contributed by atoms with Crippen LogP contribution in [-0.2, 0) is 24.4 Å². The lowest BCUT2D eigenvalue weighted by molar-refractivity contribution is 0.0598. The number of benzene rings is 1. The fourth-order valence-corrected chi connectivity index (χ4v) is 3.10. The Morgan fingerprint density at radius 3 is 2.73 bits per heavy atom. The second-order valence-electron chi connectivity index (χ2n) is 5.75. The van der Waals surface area contributed by atoms with Crippen LogP contribution in [0.1, 0.15) is 32.9 Å². The predicted molar refractivity (Wildman–Crippen MR) is 83.6 cm³/mol. The van der Waals surface area contributed by atoms with Gasteiger partial charge in [-0.15, -0.1) is 0 Å². The van der Waals surface area contributed by atoms with Gasteiger partial charge in [0.05, 0.1) is 25.2 Å². The molecule has 0 N–H and O–H groups in total. The first-order chi connectivity index (χ1) is 10.6. The van der Waals surface area contributed by atoms with Crippen molar-refractivity contribution in [1.82, 2.24) is 14.7 Å². The zero-order chi connectivity index (χ0) is 15.7. The number of ether oxygens (including phenoxy) is 1. The molecular weight excluding hydrogens is 278 g/mol. The lowest BCUT2D eigenvalue weighted by atomic mass is 10.0. The third kappa shape index (κ3) is 2.64. The van der Waals surface area contributed by atoms with Crippen molar-refractivity contribution in [1.29, 1.82) is 0 Å². The van der Waals surface area contributed by atoms with Crippen LogP contribution in [0.5, 0.6) is 0 Å². The largest absolute Gasteiger partial charge is 0.465 e. The summed E-state index contributed by atoms with van der Waals surface area (Å²) in [6.07, 6.45) is 1.05. The van der Waals surface area contributed by atoms with Gasteiger partial charge in [0, 0.05) is 13.1 Å². The molecule has 1 aliphatic heterocycles. The van der Waals surface area contributed by atoms with Gasteiger partial charge >= 0.3 is 5.97 Å². The Morgan fingerprint density at radius 2 is 2.00 bits per heavy atom. The molecule has 1 aromatic heterocycles. The number of methoxy groups -OCH3 is 1. The quantitative estimate of drug-likeness (QED) is 0.816. The molecule has 0 amide bonds. The van der Waals surface area contributed by atoms with E-state index in [9.17, 15) is 4.79 Å². The van der Waals surface area contributed by atoms with E-state index in [0.717, 1.165) is 30.9 Å². The standard InChI is InChI=1S/C17H21N3O2/c1-12-16(17(21)22-3)13(2)20(18-12)11-19-9-8-14-6-4-5-7-15(14)10-19/h4-7H,8-11H2,1-3H3. The third-order valence-corrected chi connectivity index (χ3v) is 4.31. The molecule has 5 heteroatoms. The van der Waals surface area contributed by atoms with Gasteiger partial charge in [-0.1, -0.05) is 24.3 Å². The van der Waals surface area contributed by atoms with E-state index < -0.39 is 0 Å². The van der Waals surface area contributed by atoms with Gasteiger partial charge in [-0.3, -0.25) is 9.58 Å². The fraction of sp³-hybridized carbons (Fsp3) is 0.412. The Hall–Kier alpha value is -2.14. The van der Waals surface area contributed by atoms with Crippen LogP contribution in [0.15, 0.2) is 24.3 Å². The van der Waals surface area contributed by atoms with Crippen molar-refractivity contribution in [2.75, 3.05) is 13.7 Å². The van der Waals surface area contributed by atoms with Crippen LogP contribution in [-0.4, -0.2) is 34.3 Å². The fourth-order valence-electron chi connectivity index (χ4n) is 3.10. The number of carbonyl (C=O) groups excluding carboxylic acids is 1. The van der Waals surface area contributed by atoms with Gasteiger partial charge in [0.25, 0.3) is 0 Å². The molecule has 2 aromatic rings. The minimum absolute atomic E-state index is 0.315. The average molecular weight is 299 g/mol. The summed E-state index contributed by atoms with van der Waals surface area (Å²) in [5.41, 5.74) is 4.98. The molecule has 2 heterocycles. The van der Waals surface area contributed by atoms with E-state index in [0.29, 0.717) is 12.2 Å². The smallest absolute Gasteiger partial charge is 0.341 e. The highest BCUT2D eigenvalue weighted by molar-refractivity contribution is 5.91. The Balaban J connectivity index is 1.79. The molecule has 0 radical (unpaired) electrons. The number of hydrogen-bond acceptors (Lipinski definition) is 4. The van der Waals surface area contributed by atoms with E-state index in [1.807, 2.05) is 18.5 Å². The minimum atomic E-state index is -0.315. The van der Waals surface area contributed by atoms with Crippen LogP contribution in [0.4, 0.5) is 0 Å². The number of fused-ring (bicyclic) bond motifs is 1. The zero-order valence-electron chi connectivity index (χ0n) is 13.3. The summed E-state index contributed by atoms with van der Waals surface area (Å²) >= 11 is 0. The van der Waals surface area contributed by atoms with Crippen LogP contribution < -0.4 is 0 Å². The molecule has 116 valence electrons. The Bertz CT molecular complexity index is 706. The maximum atomic E-state index is 11.8. The molecule has 22 heavy (non-hydrogen) atoms. The highest BCUT2D eigenvalue weighted by Crippen LogP contribution is 2.20. The highest BCUT2D eigenvalue weighted by Gasteiger charge is 2.21. The predicted octanol–water partition coefficient (Wildman–Crippen LogP) is 2.30. The molecule has 0 saturated carbocycles. The van der Waals surface area contributed by atoms with Gasteiger partial charge in [0.2, 0.25) is 0 Å². The van der Waals surface area contributed by atoms with Crippen molar-refractivity contribution in [2.45, 2.75) is 33.5 Å². The van der Waals surface area contributed by atoms with Gasteiger partial charge in [0.15, 0.2) is 0 Å². The summed E-state index contributed by atoms with van der Waals surface area (Å²) in [7, 11) is 1.40. The molecule has 0 spiro atoms. The topological polar surface area (TPSA) is 47.4 Å². The first-order valence-corrected chi connectivity index (χ1v) is 7.51. The third-order valence-electron chi connectivity index (χ3n) is 4.31. The van der Waals surface area contributed by atoms with E-state index in [1.54, 1.807) is 0 Å². The van der Waals surface area contributed by atoms with Crippen molar-refractivity contribution in [3.05, 3.63) is 52.3 Å². The van der Waals surface area contributed by atoms with Gasteiger partial charge in [0.1, 0.15) is 5.56 Å². The van der Waals surface area contributed by atoms with Crippen molar-refractivity contribution in [3.63, 3.8) is 0 Å². The molecule has 0 unspecified atom stereocenters. The molecule has 1 aromatic carbocycles. The van der Waals surface area contributed by atoms with E-state index in [2.05, 4.69) is 34.3 Å². The molecule has 0 atom stereocenters. The molecule has 0 bridgehead atoms. The van der Waals surface area contributed by atoms with E-state index >= 15 is 0 Å². The molecule has 5 nitrogen and oxygen atoms in total. The summed E-state index contributed by atoms with van der Waals surface area (Å²) in [5, 5.41) is 4.50. The lowest BCUT2D eigenvalue weighted by Gasteiger charge is -2.28. The molecule has 3 rings (SSSR count). The Morgan fingerprint density at radius 1 is 1.27 bits per heavy atom. The van der Waals surface area contributed by atoms with Crippen LogP contribution >= 0.6 is 0 Å². The second-order valence-corrected chi connectivity index (χ2v) is 5.75. The first kappa shape index (κ1) is 14.8. The number of carbonyl (C=O) groups is 1. The summed E-state index contributed by atoms with van der Waals surface area (Å²) in [4.78, 5) is 14.2. The lowest BCUT2D eigenvalue weighted by Crippen LogP contribution is -2.33. The monoisotopic (exact) mass is 299 g/mol. The normalized spacial score (nSPS) is 14.7. The van der Waals surface area contributed by atoms with Gasteiger partial charge in [-0.2, -0.15) is 5.10 Å². The summed E-state index contributed by atoms with van der Waals surface area (Å²) in [6.45, 7) is 6.38. The van der Waals surface area contributed by atoms with E-state index in [-0.39, 0.29) is 5.97 Å². The number of rotatable bonds is 3. The van der Waals surface area contributed by atoms with Gasteiger partial charge in [-0.25, -0.2) is 4.79 Å². The number of nitrogens with zero attached hydrogens (tertiary/aromatic N) is 3. The number of aryl methyl sites for hydroxylation is 1. The van der Waals surface area contributed by atoms with Crippen molar-refractivity contribution in [3.8, 4) is 0 Å². The summed E-state index contributed by atoms with van der Waals surface area (Å²) < 4.78 is 6.74. The first-order valence-electron chi connectivity index (χ1n) is 7.51. The number of esters is 1. The summed E-state index contributed by atoms with van der Waals surface area (Å²) in [5.74, 6) is -0.315. The van der Waals surface area contributed by atoms with Crippen LogP contribution in [0, 0.1) is 13.8 Å².